The maximum absolute atomic E-state index is 13.4. The lowest BCUT2D eigenvalue weighted by Crippen LogP contribution is -2.29. The van der Waals surface area contributed by atoms with Gasteiger partial charge < -0.3 is 24.2 Å². The van der Waals surface area contributed by atoms with E-state index in [9.17, 15) is 14.7 Å². The Balaban J connectivity index is 1.87. The number of amides is 1. The number of hydrogen-bond acceptors (Lipinski definition) is 7. The molecule has 4 rings (SSSR count). The number of hydrogen-bond donors (Lipinski definition) is 1. The normalized spacial score (nSPS) is 16.8. The van der Waals surface area contributed by atoms with E-state index in [-0.39, 0.29) is 17.9 Å². The SMILES string of the molecule is CCOc1ccc(/C(O)=C2/C(=O)C(=O)N(Cc3cccnc3)C2c2ccc(OC)cc2)c(OCC)c1. The van der Waals surface area contributed by atoms with E-state index < -0.39 is 17.7 Å². The van der Waals surface area contributed by atoms with Crippen LogP contribution in [0.25, 0.3) is 5.76 Å². The molecule has 1 aromatic heterocycles. The van der Waals surface area contributed by atoms with Crippen LogP contribution in [0.1, 0.15) is 36.6 Å². The minimum Gasteiger partial charge on any atom is -0.507 e. The number of nitrogens with zero attached hydrogens (tertiary/aromatic N) is 2. The minimum atomic E-state index is -0.822. The number of pyridine rings is 1. The van der Waals surface area contributed by atoms with Crippen LogP contribution >= 0.6 is 0 Å². The van der Waals surface area contributed by atoms with Crippen molar-refractivity contribution in [3.63, 3.8) is 0 Å². The predicted octanol–water partition coefficient (Wildman–Crippen LogP) is 4.51. The molecule has 1 N–H and O–H groups in total. The molecule has 2 aromatic carbocycles. The summed E-state index contributed by atoms with van der Waals surface area (Å²) < 4.78 is 16.6. The average Bonchev–Trinajstić information content (AvgIpc) is 3.14. The van der Waals surface area contributed by atoms with Crippen molar-refractivity contribution in [1.82, 2.24) is 9.88 Å². The molecule has 1 unspecified atom stereocenters. The highest BCUT2D eigenvalue weighted by atomic mass is 16.5. The van der Waals surface area contributed by atoms with Gasteiger partial charge in [0.15, 0.2) is 0 Å². The first-order chi connectivity index (χ1) is 17.5. The topological polar surface area (TPSA) is 98.2 Å². The number of aliphatic hydroxyl groups is 1. The molecule has 1 aliphatic rings. The van der Waals surface area contributed by atoms with Gasteiger partial charge in [-0.15, -0.1) is 0 Å². The van der Waals surface area contributed by atoms with Crippen molar-refractivity contribution >= 4 is 17.4 Å². The Morgan fingerprint density at radius 1 is 1.00 bits per heavy atom. The molecule has 0 bridgehead atoms. The third-order valence-corrected chi connectivity index (χ3v) is 5.87. The lowest BCUT2D eigenvalue weighted by Gasteiger charge is -2.25. The van der Waals surface area contributed by atoms with Crippen LogP contribution in [0, 0.1) is 0 Å². The second-order valence-corrected chi connectivity index (χ2v) is 8.09. The van der Waals surface area contributed by atoms with E-state index in [2.05, 4.69) is 4.98 Å². The smallest absolute Gasteiger partial charge is 0.295 e. The summed E-state index contributed by atoms with van der Waals surface area (Å²) in [6.07, 6.45) is 3.28. The van der Waals surface area contributed by atoms with E-state index in [4.69, 9.17) is 14.2 Å². The van der Waals surface area contributed by atoms with E-state index in [0.29, 0.717) is 41.6 Å². The first-order valence-corrected chi connectivity index (χ1v) is 11.7. The highest BCUT2D eigenvalue weighted by molar-refractivity contribution is 6.46. The maximum Gasteiger partial charge on any atom is 0.295 e. The van der Waals surface area contributed by atoms with Gasteiger partial charge >= 0.3 is 0 Å². The van der Waals surface area contributed by atoms with Crippen molar-refractivity contribution < 1.29 is 28.9 Å². The Kier molecular flexibility index (Phi) is 7.53. The van der Waals surface area contributed by atoms with Crippen LogP contribution in [-0.2, 0) is 16.1 Å². The van der Waals surface area contributed by atoms with Crippen LogP contribution < -0.4 is 14.2 Å². The van der Waals surface area contributed by atoms with Gasteiger partial charge in [-0.05, 0) is 55.3 Å². The van der Waals surface area contributed by atoms with Crippen LogP contribution in [0.15, 0.2) is 72.6 Å². The lowest BCUT2D eigenvalue weighted by molar-refractivity contribution is -0.140. The number of benzene rings is 2. The number of carbonyl (C=O) groups excluding carboxylic acids is 2. The summed E-state index contributed by atoms with van der Waals surface area (Å²) in [4.78, 5) is 32.2. The molecule has 0 spiro atoms. The third-order valence-electron chi connectivity index (χ3n) is 5.87. The first-order valence-electron chi connectivity index (χ1n) is 11.7. The zero-order chi connectivity index (χ0) is 25.7. The summed E-state index contributed by atoms with van der Waals surface area (Å²) in [5, 5.41) is 11.5. The summed E-state index contributed by atoms with van der Waals surface area (Å²) in [6.45, 7) is 4.64. The number of aromatic nitrogens is 1. The van der Waals surface area contributed by atoms with Gasteiger partial charge in [-0.3, -0.25) is 14.6 Å². The maximum atomic E-state index is 13.4. The Morgan fingerprint density at radius 2 is 1.72 bits per heavy atom. The number of ketones is 1. The van der Waals surface area contributed by atoms with Crippen molar-refractivity contribution in [2.45, 2.75) is 26.4 Å². The van der Waals surface area contributed by atoms with E-state index in [1.807, 2.05) is 19.9 Å². The Morgan fingerprint density at radius 3 is 2.36 bits per heavy atom. The second-order valence-electron chi connectivity index (χ2n) is 8.09. The first kappa shape index (κ1) is 24.8. The van der Waals surface area contributed by atoms with Gasteiger partial charge in [0.25, 0.3) is 11.7 Å². The molecule has 36 heavy (non-hydrogen) atoms. The Bertz CT molecular complexity index is 1270. The number of Topliss-reactive ketones (excluding diaryl/α,β-unsaturated/α-hetero) is 1. The quantitative estimate of drug-likeness (QED) is 0.269. The van der Waals surface area contributed by atoms with Gasteiger partial charge in [-0.25, -0.2) is 0 Å². The third kappa shape index (κ3) is 4.88. The summed E-state index contributed by atoms with van der Waals surface area (Å²) in [6, 6.07) is 14.8. The van der Waals surface area contributed by atoms with Gasteiger partial charge in [0.05, 0.1) is 37.5 Å². The zero-order valence-electron chi connectivity index (χ0n) is 20.4. The number of aliphatic hydroxyl groups excluding tert-OH is 1. The average molecular weight is 489 g/mol. The molecule has 8 nitrogen and oxygen atoms in total. The van der Waals surface area contributed by atoms with Crippen molar-refractivity contribution in [2.24, 2.45) is 0 Å². The summed E-state index contributed by atoms with van der Waals surface area (Å²) in [5.74, 6) is -0.227. The molecule has 1 fully saturated rings. The summed E-state index contributed by atoms with van der Waals surface area (Å²) >= 11 is 0. The second kappa shape index (κ2) is 10.9. The molecule has 0 radical (unpaired) electrons. The van der Waals surface area contributed by atoms with E-state index in [1.165, 1.54) is 4.90 Å². The van der Waals surface area contributed by atoms with Crippen LogP contribution in [0.4, 0.5) is 0 Å². The van der Waals surface area contributed by atoms with Crippen molar-refractivity contribution in [2.75, 3.05) is 20.3 Å². The minimum absolute atomic E-state index is 0.0147. The summed E-state index contributed by atoms with van der Waals surface area (Å²) in [7, 11) is 1.56. The van der Waals surface area contributed by atoms with Crippen LogP contribution in [0.3, 0.4) is 0 Å². The Hall–Kier alpha value is -4.33. The molecule has 1 saturated heterocycles. The molecule has 8 heteroatoms. The van der Waals surface area contributed by atoms with E-state index in [1.54, 1.807) is 68.0 Å². The molecule has 3 aromatic rings. The molecule has 1 amide bonds. The fourth-order valence-corrected chi connectivity index (χ4v) is 4.24. The predicted molar refractivity (Wildman–Crippen MR) is 134 cm³/mol. The number of likely N-dealkylation sites (tertiary alicyclic amines) is 1. The van der Waals surface area contributed by atoms with Crippen molar-refractivity contribution in [3.05, 3.63) is 89.3 Å². The largest absolute Gasteiger partial charge is 0.507 e. The fraction of sp³-hybridized carbons (Fsp3) is 0.250. The number of methoxy groups -OCH3 is 1. The zero-order valence-corrected chi connectivity index (χ0v) is 20.4. The molecule has 186 valence electrons. The van der Waals surface area contributed by atoms with Gasteiger partial charge in [0.2, 0.25) is 0 Å². The Labute approximate surface area is 209 Å². The van der Waals surface area contributed by atoms with Gasteiger partial charge in [-0.1, -0.05) is 18.2 Å². The standard InChI is InChI=1S/C28H28N2O6/c1-4-35-21-12-13-22(23(15-21)36-5-2)26(31)24-25(19-8-10-20(34-3)11-9-19)30(28(33)27(24)32)17-18-7-6-14-29-16-18/h6-16,25,31H,4-5,17H2,1-3H3/b26-24-. The van der Waals surface area contributed by atoms with Crippen molar-refractivity contribution in [1.29, 1.82) is 0 Å². The molecule has 2 heterocycles. The molecule has 0 aliphatic carbocycles. The van der Waals surface area contributed by atoms with E-state index in [0.717, 1.165) is 5.56 Å². The van der Waals surface area contributed by atoms with Gasteiger partial charge in [0, 0.05) is 25.0 Å². The van der Waals surface area contributed by atoms with E-state index >= 15 is 0 Å². The molecular formula is C28H28N2O6. The molecule has 1 atom stereocenters. The van der Waals surface area contributed by atoms with Crippen molar-refractivity contribution in [3.8, 4) is 17.2 Å². The monoisotopic (exact) mass is 488 g/mol. The lowest BCUT2D eigenvalue weighted by atomic mass is 9.94. The number of carbonyl (C=O) groups is 2. The van der Waals surface area contributed by atoms with Crippen LogP contribution in [0.2, 0.25) is 0 Å². The number of ether oxygens (including phenoxy) is 3. The highest BCUT2D eigenvalue weighted by Gasteiger charge is 2.46. The van der Waals surface area contributed by atoms with Crippen LogP contribution in [-0.4, -0.2) is 47.0 Å². The summed E-state index contributed by atoms with van der Waals surface area (Å²) in [5.41, 5.74) is 1.70. The molecule has 0 saturated carbocycles. The highest BCUT2D eigenvalue weighted by Crippen LogP contribution is 2.42. The fourth-order valence-electron chi connectivity index (χ4n) is 4.24. The molecule has 1 aliphatic heterocycles. The number of rotatable bonds is 9. The van der Waals surface area contributed by atoms with Gasteiger partial charge in [-0.2, -0.15) is 0 Å². The van der Waals surface area contributed by atoms with Gasteiger partial charge in [0.1, 0.15) is 23.0 Å². The molecular weight excluding hydrogens is 460 g/mol. The van der Waals surface area contributed by atoms with Crippen LogP contribution in [0.5, 0.6) is 17.2 Å².